The Morgan fingerprint density at radius 1 is 1.28 bits per heavy atom. The molecule has 2 N–H and O–H groups in total. The summed E-state index contributed by atoms with van der Waals surface area (Å²) < 4.78 is 20.6. The maximum absolute atomic E-state index is 15.5. The van der Waals surface area contributed by atoms with Gasteiger partial charge in [0, 0.05) is 24.1 Å². The monoisotopic (exact) mass is 458 g/mol. The fourth-order valence-electron chi connectivity index (χ4n) is 3.79. The number of hydrogen-bond acceptors (Lipinski definition) is 7. The van der Waals surface area contributed by atoms with Crippen LogP contribution >= 0.6 is 11.3 Å². The number of nitrogens with zero attached hydrogens (tertiary/aromatic N) is 3. The minimum atomic E-state index is -1.56. The van der Waals surface area contributed by atoms with Gasteiger partial charge in [0.25, 0.3) is 0 Å². The molecule has 32 heavy (non-hydrogen) atoms. The number of carbonyl (C=O) groups is 1. The summed E-state index contributed by atoms with van der Waals surface area (Å²) in [6.07, 6.45) is 4.33. The van der Waals surface area contributed by atoms with Crippen LogP contribution in [0.15, 0.2) is 36.7 Å². The number of ether oxygens (including phenoxy) is 1. The van der Waals surface area contributed by atoms with E-state index in [2.05, 4.69) is 20.3 Å². The lowest BCUT2D eigenvalue weighted by molar-refractivity contribution is -0.143. The summed E-state index contributed by atoms with van der Waals surface area (Å²) in [6, 6.07) is 7.60. The first kappa shape index (κ1) is 23.6. The molecule has 1 aliphatic carbocycles. The average Bonchev–Trinajstić information content (AvgIpc) is 3.25. The Balaban J connectivity index is 0.00000289. The minimum Gasteiger partial charge on any atom is -0.481 e. The molecule has 3 aromatic rings. The van der Waals surface area contributed by atoms with E-state index >= 15 is 4.39 Å². The highest BCUT2D eigenvalue weighted by Crippen LogP contribution is 2.45. The van der Waals surface area contributed by atoms with Crippen LogP contribution in [0.25, 0.3) is 10.4 Å². The minimum absolute atomic E-state index is 0. The van der Waals surface area contributed by atoms with Crippen LogP contribution in [-0.2, 0) is 10.5 Å². The van der Waals surface area contributed by atoms with E-state index in [1.54, 1.807) is 25.6 Å². The number of anilines is 2. The van der Waals surface area contributed by atoms with Gasteiger partial charge in [-0.15, -0.1) is 11.3 Å². The Morgan fingerprint density at radius 2 is 2.03 bits per heavy atom. The SMILES string of the molecule is C.COc1ccnc(Nc2cc(C)cc(-c3cnc(C4(F)CCC(C(=O)O)CC4)s3)c2)n1. The number of carboxylic acid groups (broad SMARTS) is 1. The number of rotatable bonds is 6. The molecule has 0 spiro atoms. The Hall–Kier alpha value is -3.07. The zero-order valence-corrected chi connectivity index (χ0v) is 18.1. The number of aromatic nitrogens is 3. The fourth-order valence-corrected chi connectivity index (χ4v) is 4.84. The van der Waals surface area contributed by atoms with Crippen molar-refractivity contribution in [2.45, 2.75) is 45.7 Å². The lowest BCUT2D eigenvalue weighted by Crippen LogP contribution is -2.30. The van der Waals surface area contributed by atoms with E-state index in [0.29, 0.717) is 29.7 Å². The third-order valence-corrected chi connectivity index (χ3v) is 6.70. The molecular weight excluding hydrogens is 431 g/mol. The van der Waals surface area contributed by atoms with Crippen molar-refractivity contribution in [3.8, 4) is 16.3 Å². The second-order valence-corrected chi connectivity index (χ2v) is 8.77. The quantitative estimate of drug-likeness (QED) is 0.486. The molecule has 0 unspecified atom stereocenters. The van der Waals surface area contributed by atoms with Crippen LogP contribution in [0.5, 0.6) is 5.88 Å². The number of benzene rings is 1. The number of methoxy groups -OCH3 is 1. The van der Waals surface area contributed by atoms with Crippen molar-refractivity contribution in [2.75, 3.05) is 12.4 Å². The number of nitrogens with one attached hydrogen (secondary N) is 1. The van der Waals surface area contributed by atoms with E-state index in [1.165, 1.54) is 11.3 Å². The van der Waals surface area contributed by atoms with Gasteiger partial charge in [-0.1, -0.05) is 13.5 Å². The number of aliphatic carboxylic acids is 1. The second kappa shape index (κ2) is 9.60. The van der Waals surface area contributed by atoms with Crippen LogP contribution in [0.1, 0.15) is 43.7 Å². The molecular formula is C23H27FN4O3S. The van der Waals surface area contributed by atoms with E-state index in [1.807, 2.05) is 25.1 Å². The van der Waals surface area contributed by atoms with Gasteiger partial charge in [-0.3, -0.25) is 4.79 Å². The number of halogens is 1. The average molecular weight is 459 g/mol. The summed E-state index contributed by atoms with van der Waals surface area (Å²) in [7, 11) is 1.55. The Bertz CT molecular complexity index is 1100. The smallest absolute Gasteiger partial charge is 0.306 e. The molecule has 7 nitrogen and oxygen atoms in total. The first-order valence-corrected chi connectivity index (χ1v) is 10.8. The summed E-state index contributed by atoms with van der Waals surface area (Å²) in [5.41, 5.74) is 1.18. The lowest BCUT2D eigenvalue weighted by atomic mass is 9.80. The van der Waals surface area contributed by atoms with Gasteiger partial charge in [0.2, 0.25) is 11.8 Å². The summed E-state index contributed by atoms with van der Waals surface area (Å²) in [4.78, 5) is 24.8. The van der Waals surface area contributed by atoms with Crippen molar-refractivity contribution in [3.05, 3.63) is 47.2 Å². The molecule has 9 heteroatoms. The van der Waals surface area contributed by atoms with Crippen LogP contribution < -0.4 is 10.1 Å². The molecule has 1 aromatic carbocycles. The van der Waals surface area contributed by atoms with Gasteiger partial charge in [-0.25, -0.2) is 14.4 Å². The number of alkyl halides is 1. The molecule has 170 valence electrons. The fraction of sp³-hybridized carbons (Fsp3) is 0.391. The molecule has 0 amide bonds. The first-order valence-electron chi connectivity index (χ1n) is 10.0. The molecule has 1 saturated carbocycles. The van der Waals surface area contributed by atoms with E-state index in [0.717, 1.165) is 21.7 Å². The van der Waals surface area contributed by atoms with Crippen LogP contribution in [0.3, 0.4) is 0 Å². The van der Waals surface area contributed by atoms with Gasteiger partial charge >= 0.3 is 5.97 Å². The zero-order chi connectivity index (χ0) is 22.0. The van der Waals surface area contributed by atoms with Gasteiger partial charge in [0.05, 0.1) is 17.9 Å². The van der Waals surface area contributed by atoms with Crippen LogP contribution in [0.4, 0.5) is 16.0 Å². The molecule has 2 aromatic heterocycles. The second-order valence-electron chi connectivity index (χ2n) is 7.74. The molecule has 0 atom stereocenters. The van der Waals surface area contributed by atoms with Crippen molar-refractivity contribution < 1.29 is 19.0 Å². The van der Waals surface area contributed by atoms with Crippen LogP contribution in [0.2, 0.25) is 0 Å². The van der Waals surface area contributed by atoms with E-state index < -0.39 is 17.6 Å². The molecule has 4 rings (SSSR count). The van der Waals surface area contributed by atoms with Crippen molar-refractivity contribution in [1.82, 2.24) is 15.0 Å². The third-order valence-electron chi connectivity index (χ3n) is 5.47. The maximum atomic E-state index is 15.5. The highest BCUT2D eigenvalue weighted by atomic mass is 32.1. The molecule has 0 bridgehead atoms. The van der Waals surface area contributed by atoms with Gasteiger partial charge in [-0.05, 0) is 55.9 Å². The van der Waals surface area contributed by atoms with Gasteiger partial charge < -0.3 is 15.2 Å². The standard InChI is InChI=1S/C22H23FN4O3S.CH4/c1-13-9-15(11-16(10-13)26-21-24-8-5-18(27-21)30-2)17-12-25-20(31-17)22(23)6-3-14(4-7-22)19(28)29;/h5,8-12,14H,3-4,6-7H2,1-2H3,(H,28,29)(H,24,26,27);1H4. The number of hydrogen-bond donors (Lipinski definition) is 2. The molecule has 1 fully saturated rings. The zero-order valence-electron chi connectivity index (χ0n) is 17.3. The topological polar surface area (TPSA) is 97.2 Å². The van der Waals surface area contributed by atoms with Crippen LogP contribution in [-0.4, -0.2) is 33.1 Å². The van der Waals surface area contributed by atoms with Crippen molar-refractivity contribution in [1.29, 1.82) is 0 Å². The summed E-state index contributed by atoms with van der Waals surface area (Å²) in [6.45, 7) is 1.98. The van der Waals surface area contributed by atoms with Gasteiger partial charge in [0.1, 0.15) is 5.01 Å². The predicted molar refractivity (Wildman–Crippen MR) is 123 cm³/mol. The summed E-state index contributed by atoms with van der Waals surface area (Å²) >= 11 is 1.32. The van der Waals surface area contributed by atoms with E-state index in [9.17, 15) is 4.79 Å². The summed E-state index contributed by atoms with van der Waals surface area (Å²) in [5, 5.41) is 12.8. The number of carboxylic acids is 1. The van der Waals surface area contributed by atoms with Crippen molar-refractivity contribution >= 4 is 28.9 Å². The highest BCUT2D eigenvalue weighted by Gasteiger charge is 2.41. The Kier molecular flexibility index (Phi) is 7.08. The third kappa shape index (κ3) is 5.04. The highest BCUT2D eigenvalue weighted by molar-refractivity contribution is 7.15. The molecule has 0 aliphatic heterocycles. The van der Waals surface area contributed by atoms with Crippen molar-refractivity contribution in [2.24, 2.45) is 5.92 Å². The van der Waals surface area contributed by atoms with Gasteiger partial charge in [-0.2, -0.15) is 4.98 Å². The molecule has 0 saturated heterocycles. The predicted octanol–water partition coefficient (Wildman–Crippen LogP) is 5.74. The largest absolute Gasteiger partial charge is 0.481 e. The number of thiazole rings is 1. The van der Waals surface area contributed by atoms with E-state index in [4.69, 9.17) is 9.84 Å². The van der Waals surface area contributed by atoms with E-state index in [-0.39, 0.29) is 20.3 Å². The molecule has 2 heterocycles. The number of aryl methyl sites for hydroxylation is 1. The summed E-state index contributed by atoms with van der Waals surface area (Å²) in [5.74, 6) is -0.434. The van der Waals surface area contributed by atoms with Crippen LogP contribution in [0, 0.1) is 12.8 Å². The lowest BCUT2D eigenvalue weighted by Gasteiger charge is -2.30. The first-order chi connectivity index (χ1) is 14.9. The molecule has 1 aliphatic rings. The maximum Gasteiger partial charge on any atom is 0.306 e. The Labute approximate surface area is 190 Å². The molecule has 0 radical (unpaired) electrons. The Morgan fingerprint density at radius 3 is 2.72 bits per heavy atom. The normalized spacial score (nSPS) is 20.3. The van der Waals surface area contributed by atoms with Crippen molar-refractivity contribution in [3.63, 3.8) is 0 Å². The van der Waals surface area contributed by atoms with Gasteiger partial charge in [0.15, 0.2) is 5.67 Å².